The van der Waals surface area contributed by atoms with Crippen molar-refractivity contribution in [3.63, 3.8) is 0 Å². The van der Waals surface area contributed by atoms with Crippen molar-refractivity contribution in [1.82, 2.24) is 4.98 Å². The normalized spacial score (nSPS) is 10.1. The van der Waals surface area contributed by atoms with E-state index in [1.54, 1.807) is 12.1 Å². The van der Waals surface area contributed by atoms with E-state index >= 15 is 0 Å². The number of para-hydroxylation sites is 1. The van der Waals surface area contributed by atoms with Crippen LogP contribution < -0.4 is 0 Å². The largest absolute Gasteiger partial charge is 0.449 e. The molecule has 0 aliphatic carbocycles. The lowest BCUT2D eigenvalue weighted by molar-refractivity contribution is 0.0648. The van der Waals surface area contributed by atoms with E-state index in [0.29, 0.717) is 0 Å². The summed E-state index contributed by atoms with van der Waals surface area (Å²) in [6.07, 6.45) is 0. The Morgan fingerprint density at radius 3 is 2.79 bits per heavy atom. The number of fused-ring (bicyclic) bond motifs is 1. The molecular formula is C11H7NO2. The zero-order chi connectivity index (χ0) is 9.97. The second-order valence-electron chi connectivity index (χ2n) is 2.79. The van der Waals surface area contributed by atoms with E-state index in [1.165, 1.54) is 0 Å². The highest BCUT2D eigenvalue weighted by molar-refractivity contribution is 5.91. The Labute approximate surface area is 81.3 Å². The minimum Gasteiger partial charge on any atom is -0.449 e. The molecule has 2 rings (SSSR count). The maximum Gasteiger partial charge on any atom is 0.357 e. The van der Waals surface area contributed by atoms with Crippen LogP contribution in [0.1, 0.15) is 10.5 Å². The number of benzene rings is 1. The van der Waals surface area contributed by atoms with Gasteiger partial charge in [-0.15, -0.1) is 0 Å². The Morgan fingerprint density at radius 2 is 2.00 bits per heavy atom. The fourth-order valence-corrected chi connectivity index (χ4v) is 1.24. The van der Waals surface area contributed by atoms with Crippen molar-refractivity contribution < 1.29 is 9.53 Å². The molecule has 0 aliphatic rings. The molecule has 1 aromatic carbocycles. The molecule has 0 unspecified atom stereocenters. The van der Waals surface area contributed by atoms with E-state index in [2.05, 4.69) is 9.72 Å². The van der Waals surface area contributed by atoms with Crippen molar-refractivity contribution in [2.24, 2.45) is 0 Å². The summed E-state index contributed by atoms with van der Waals surface area (Å²) in [4.78, 5) is 15.1. The lowest BCUT2D eigenvalue weighted by atomic mass is 10.2. The first-order valence-electron chi connectivity index (χ1n) is 4.08. The summed E-state index contributed by atoms with van der Waals surface area (Å²) in [7, 11) is 4.76. The Hall–Kier alpha value is -1.90. The summed E-state index contributed by atoms with van der Waals surface area (Å²) in [5.74, 6) is -0.629. The maximum atomic E-state index is 11.0. The van der Waals surface area contributed by atoms with Gasteiger partial charge in [-0.3, -0.25) is 0 Å². The van der Waals surface area contributed by atoms with Gasteiger partial charge in [0, 0.05) is 5.39 Å². The van der Waals surface area contributed by atoms with Crippen LogP contribution in [0.2, 0.25) is 0 Å². The summed E-state index contributed by atoms with van der Waals surface area (Å²) in [6, 6.07) is 10.9. The van der Waals surface area contributed by atoms with Crippen molar-refractivity contribution in [1.29, 1.82) is 0 Å². The molecule has 3 nitrogen and oxygen atoms in total. The molecule has 0 saturated carbocycles. The zero-order valence-electron chi connectivity index (χ0n) is 7.31. The molecule has 0 saturated heterocycles. The second kappa shape index (κ2) is 3.46. The Balaban J connectivity index is 2.56. The van der Waals surface area contributed by atoms with Crippen molar-refractivity contribution in [3.8, 4) is 0 Å². The van der Waals surface area contributed by atoms with Crippen LogP contribution in [0.15, 0.2) is 36.4 Å². The minimum absolute atomic E-state index is 0.214. The van der Waals surface area contributed by atoms with Crippen LogP contribution in [0.5, 0.6) is 0 Å². The molecule has 1 heterocycles. The molecule has 0 fully saturated rings. The molecule has 0 N–H and O–H groups in total. The van der Waals surface area contributed by atoms with Crippen LogP contribution >= 0.6 is 0 Å². The number of esters is 1. The number of hydrogen-bond donors (Lipinski definition) is 0. The summed E-state index contributed by atoms with van der Waals surface area (Å²) in [6.45, 7) is 0. The molecule has 2 aromatic rings. The molecule has 0 amide bonds. The van der Waals surface area contributed by atoms with Crippen LogP contribution in [0.4, 0.5) is 0 Å². The predicted octanol–water partition coefficient (Wildman–Crippen LogP) is 2.06. The van der Waals surface area contributed by atoms with Crippen molar-refractivity contribution >= 4 is 16.9 Å². The standard InChI is InChI=1S/C11H7NO2/c1-14-11(13)10-7-6-8-4-2-3-5-9(8)12-10/h1-7H. The summed E-state index contributed by atoms with van der Waals surface area (Å²) in [5, 5.41) is 0.973. The SMILES string of the molecule is [CH]OC(=O)c1ccc2ccccc2n1. The van der Waals surface area contributed by atoms with E-state index in [0.717, 1.165) is 10.9 Å². The fourth-order valence-electron chi connectivity index (χ4n) is 1.24. The monoisotopic (exact) mass is 185 g/mol. The number of rotatable bonds is 1. The van der Waals surface area contributed by atoms with Gasteiger partial charge in [0.1, 0.15) is 5.69 Å². The molecule has 1 aromatic heterocycles. The van der Waals surface area contributed by atoms with Gasteiger partial charge in [0.15, 0.2) is 7.11 Å². The molecule has 68 valence electrons. The van der Waals surface area contributed by atoms with Gasteiger partial charge in [0.25, 0.3) is 0 Å². The van der Waals surface area contributed by atoms with Gasteiger partial charge < -0.3 is 4.74 Å². The smallest absolute Gasteiger partial charge is 0.357 e. The molecule has 0 spiro atoms. The number of carbonyl (C=O) groups is 1. The lowest BCUT2D eigenvalue weighted by Gasteiger charge is -1.99. The van der Waals surface area contributed by atoms with Crippen LogP contribution in [0.3, 0.4) is 0 Å². The number of carbonyl (C=O) groups excluding carboxylic acids is 1. The van der Waals surface area contributed by atoms with Gasteiger partial charge >= 0.3 is 5.97 Å². The van der Waals surface area contributed by atoms with E-state index in [4.69, 9.17) is 7.11 Å². The highest BCUT2D eigenvalue weighted by atomic mass is 16.5. The number of aromatic nitrogens is 1. The molecule has 0 aliphatic heterocycles. The first-order valence-corrected chi connectivity index (χ1v) is 4.08. The van der Waals surface area contributed by atoms with Crippen LogP contribution in [-0.4, -0.2) is 11.0 Å². The third-order valence-electron chi connectivity index (χ3n) is 1.91. The summed E-state index contributed by atoms with van der Waals surface area (Å²) < 4.78 is 4.08. The van der Waals surface area contributed by atoms with E-state index < -0.39 is 5.97 Å². The molecular weight excluding hydrogens is 178 g/mol. The Bertz CT molecular complexity index is 479. The first-order chi connectivity index (χ1) is 6.81. The molecule has 2 radical (unpaired) electrons. The third kappa shape index (κ3) is 1.44. The average molecular weight is 185 g/mol. The first kappa shape index (κ1) is 8.69. The molecule has 3 heteroatoms. The Morgan fingerprint density at radius 1 is 1.21 bits per heavy atom. The number of nitrogens with zero attached hydrogens (tertiary/aromatic N) is 1. The van der Waals surface area contributed by atoms with Crippen LogP contribution in [0.25, 0.3) is 10.9 Å². The van der Waals surface area contributed by atoms with Crippen LogP contribution in [-0.2, 0) is 4.74 Å². The summed E-state index contributed by atoms with van der Waals surface area (Å²) >= 11 is 0. The predicted molar refractivity (Wildman–Crippen MR) is 51.5 cm³/mol. The highest BCUT2D eigenvalue weighted by Gasteiger charge is 2.06. The van der Waals surface area contributed by atoms with E-state index in [-0.39, 0.29) is 5.69 Å². The molecule has 0 bridgehead atoms. The highest BCUT2D eigenvalue weighted by Crippen LogP contribution is 2.11. The van der Waals surface area contributed by atoms with Gasteiger partial charge in [-0.05, 0) is 12.1 Å². The average Bonchev–Trinajstić information content (AvgIpc) is 2.27. The summed E-state index contributed by atoms with van der Waals surface area (Å²) in [5.41, 5.74) is 0.960. The Kier molecular flexibility index (Phi) is 2.14. The maximum absolute atomic E-state index is 11.0. The van der Waals surface area contributed by atoms with Gasteiger partial charge in [-0.25, -0.2) is 9.78 Å². The second-order valence-corrected chi connectivity index (χ2v) is 2.79. The lowest BCUT2D eigenvalue weighted by Crippen LogP contribution is -2.02. The topological polar surface area (TPSA) is 39.2 Å². The van der Waals surface area contributed by atoms with E-state index in [9.17, 15) is 4.79 Å². The van der Waals surface area contributed by atoms with Crippen molar-refractivity contribution in [2.75, 3.05) is 0 Å². The van der Waals surface area contributed by atoms with E-state index in [1.807, 2.05) is 24.3 Å². The van der Waals surface area contributed by atoms with Gasteiger partial charge in [-0.2, -0.15) is 0 Å². The number of ether oxygens (including phenoxy) is 1. The fraction of sp³-hybridized carbons (Fsp3) is 0. The van der Waals surface area contributed by atoms with Crippen molar-refractivity contribution in [3.05, 3.63) is 49.2 Å². The minimum atomic E-state index is -0.629. The van der Waals surface area contributed by atoms with Crippen molar-refractivity contribution in [2.45, 2.75) is 0 Å². The van der Waals surface area contributed by atoms with Gasteiger partial charge in [0.2, 0.25) is 0 Å². The molecule has 14 heavy (non-hydrogen) atoms. The van der Waals surface area contributed by atoms with Crippen LogP contribution in [0, 0.1) is 7.11 Å². The number of hydrogen-bond acceptors (Lipinski definition) is 3. The molecule has 0 atom stereocenters. The number of pyridine rings is 1. The van der Waals surface area contributed by atoms with Gasteiger partial charge in [-0.1, -0.05) is 24.3 Å². The zero-order valence-corrected chi connectivity index (χ0v) is 7.31. The third-order valence-corrected chi connectivity index (χ3v) is 1.91. The quantitative estimate of drug-likeness (QED) is 0.638. The van der Waals surface area contributed by atoms with Gasteiger partial charge in [0.05, 0.1) is 5.52 Å².